The molecule has 0 bridgehead atoms. The van der Waals surface area contributed by atoms with E-state index in [1.54, 1.807) is 18.6 Å². The Morgan fingerprint density at radius 2 is 2.20 bits per heavy atom. The number of aromatic nitrogens is 4. The van der Waals surface area contributed by atoms with E-state index in [1.165, 1.54) is 7.11 Å². The normalized spacial score (nSPS) is 10.7. The largest absolute Gasteiger partial charge is 0.469 e. The number of rotatable bonds is 3. The molecular weight excluding hydrogens is 256 g/mol. The minimum absolute atomic E-state index is 0.0661. The van der Waals surface area contributed by atoms with Crippen molar-refractivity contribution in [3.63, 3.8) is 0 Å². The average Bonchev–Trinajstić information content (AvgIpc) is 2.94. The van der Waals surface area contributed by atoms with Gasteiger partial charge in [0.05, 0.1) is 30.2 Å². The zero-order chi connectivity index (χ0) is 13.9. The van der Waals surface area contributed by atoms with Crippen LogP contribution in [0.4, 0.5) is 0 Å². The maximum atomic E-state index is 11.3. The number of nitrogens with zero attached hydrogens (tertiary/aromatic N) is 3. The zero-order valence-corrected chi connectivity index (χ0v) is 10.8. The fraction of sp³-hybridized carbons (Fsp3) is 0.143. The molecule has 0 aliphatic heterocycles. The van der Waals surface area contributed by atoms with E-state index < -0.39 is 0 Å². The topological polar surface area (TPSA) is 80.8 Å². The SMILES string of the molecule is COC(=O)Cc1nccc(-c2ccc3nc[nH]c3c2)n1. The standard InChI is InChI=1S/C14H12N4O2/c1-20-14(19)7-13-15-5-4-10(18-13)9-2-3-11-12(6-9)17-8-16-11/h2-6,8H,7H2,1H3,(H,16,17). The van der Waals surface area contributed by atoms with Crippen LogP contribution < -0.4 is 0 Å². The maximum Gasteiger partial charge on any atom is 0.313 e. The van der Waals surface area contributed by atoms with Gasteiger partial charge in [-0.15, -0.1) is 0 Å². The van der Waals surface area contributed by atoms with Gasteiger partial charge in [-0.2, -0.15) is 0 Å². The minimum Gasteiger partial charge on any atom is -0.469 e. The van der Waals surface area contributed by atoms with Crippen LogP contribution in [0.15, 0.2) is 36.8 Å². The number of carbonyl (C=O) groups is 1. The van der Waals surface area contributed by atoms with Crippen molar-refractivity contribution in [2.75, 3.05) is 7.11 Å². The van der Waals surface area contributed by atoms with Crippen molar-refractivity contribution < 1.29 is 9.53 Å². The third-order valence-electron chi connectivity index (χ3n) is 2.95. The van der Waals surface area contributed by atoms with Gasteiger partial charge in [0.1, 0.15) is 12.2 Å². The van der Waals surface area contributed by atoms with E-state index in [9.17, 15) is 4.79 Å². The number of hydrogen-bond donors (Lipinski definition) is 1. The summed E-state index contributed by atoms with van der Waals surface area (Å²) in [5, 5.41) is 0. The summed E-state index contributed by atoms with van der Waals surface area (Å²) in [6.07, 6.45) is 3.35. The molecule has 2 aromatic heterocycles. The molecule has 0 unspecified atom stereocenters. The number of ether oxygens (including phenoxy) is 1. The smallest absolute Gasteiger partial charge is 0.313 e. The summed E-state index contributed by atoms with van der Waals surface area (Å²) in [5.41, 5.74) is 3.54. The second-order valence-electron chi connectivity index (χ2n) is 4.25. The number of carbonyl (C=O) groups excluding carboxylic acids is 1. The fourth-order valence-electron chi connectivity index (χ4n) is 1.94. The number of nitrogens with one attached hydrogen (secondary N) is 1. The monoisotopic (exact) mass is 268 g/mol. The first kappa shape index (κ1) is 12.3. The molecule has 0 amide bonds. The number of aromatic amines is 1. The molecule has 0 spiro atoms. The highest BCUT2D eigenvalue weighted by Crippen LogP contribution is 2.20. The number of esters is 1. The quantitative estimate of drug-likeness (QED) is 0.732. The van der Waals surface area contributed by atoms with E-state index >= 15 is 0 Å². The Kier molecular flexibility index (Phi) is 3.12. The van der Waals surface area contributed by atoms with Gasteiger partial charge in [0, 0.05) is 11.8 Å². The van der Waals surface area contributed by atoms with Gasteiger partial charge in [-0.25, -0.2) is 15.0 Å². The van der Waals surface area contributed by atoms with Gasteiger partial charge in [0.15, 0.2) is 0 Å². The summed E-state index contributed by atoms with van der Waals surface area (Å²) in [5.74, 6) is 0.0882. The fourth-order valence-corrected chi connectivity index (χ4v) is 1.94. The van der Waals surface area contributed by atoms with Crippen molar-refractivity contribution >= 4 is 17.0 Å². The molecule has 20 heavy (non-hydrogen) atoms. The Hall–Kier alpha value is -2.76. The highest BCUT2D eigenvalue weighted by Gasteiger charge is 2.08. The Labute approximate surface area is 114 Å². The molecule has 1 N–H and O–H groups in total. The number of methoxy groups -OCH3 is 1. The molecule has 0 saturated heterocycles. The number of benzene rings is 1. The Morgan fingerprint density at radius 3 is 3.05 bits per heavy atom. The van der Waals surface area contributed by atoms with Gasteiger partial charge < -0.3 is 9.72 Å². The summed E-state index contributed by atoms with van der Waals surface area (Å²) < 4.78 is 4.61. The molecule has 0 aliphatic carbocycles. The van der Waals surface area contributed by atoms with E-state index in [1.807, 2.05) is 18.2 Å². The first-order valence-electron chi connectivity index (χ1n) is 6.08. The van der Waals surface area contributed by atoms with Crippen LogP contribution in [-0.2, 0) is 16.0 Å². The van der Waals surface area contributed by atoms with Crippen LogP contribution in [0.3, 0.4) is 0 Å². The Bertz CT molecular complexity index is 766. The molecule has 0 aliphatic rings. The summed E-state index contributed by atoms with van der Waals surface area (Å²) in [7, 11) is 1.35. The molecular formula is C14H12N4O2. The lowest BCUT2D eigenvalue weighted by atomic mass is 10.1. The van der Waals surface area contributed by atoms with Gasteiger partial charge in [0.25, 0.3) is 0 Å². The van der Waals surface area contributed by atoms with Gasteiger partial charge in [-0.05, 0) is 18.2 Å². The number of H-pyrrole nitrogens is 1. The van der Waals surface area contributed by atoms with Crippen LogP contribution in [0.1, 0.15) is 5.82 Å². The maximum absolute atomic E-state index is 11.3. The predicted octanol–water partition coefficient (Wildman–Crippen LogP) is 1.74. The van der Waals surface area contributed by atoms with Crippen LogP contribution in [0, 0.1) is 0 Å². The third kappa shape index (κ3) is 2.35. The number of imidazole rings is 1. The van der Waals surface area contributed by atoms with Crippen molar-refractivity contribution in [3.05, 3.63) is 42.6 Å². The first-order chi connectivity index (χ1) is 9.76. The van der Waals surface area contributed by atoms with Gasteiger partial charge in [-0.1, -0.05) is 6.07 Å². The molecule has 0 saturated carbocycles. The van der Waals surface area contributed by atoms with E-state index in [0.29, 0.717) is 5.82 Å². The lowest BCUT2D eigenvalue weighted by molar-refractivity contribution is -0.139. The lowest BCUT2D eigenvalue weighted by Gasteiger charge is -2.03. The van der Waals surface area contributed by atoms with E-state index in [0.717, 1.165) is 22.3 Å². The van der Waals surface area contributed by atoms with Crippen molar-refractivity contribution in [2.45, 2.75) is 6.42 Å². The van der Waals surface area contributed by atoms with Crippen LogP contribution >= 0.6 is 0 Å². The molecule has 100 valence electrons. The Morgan fingerprint density at radius 1 is 1.30 bits per heavy atom. The second kappa shape index (κ2) is 5.08. The molecule has 6 nitrogen and oxygen atoms in total. The van der Waals surface area contributed by atoms with Gasteiger partial charge >= 0.3 is 5.97 Å². The van der Waals surface area contributed by atoms with Crippen molar-refractivity contribution in [1.29, 1.82) is 0 Å². The molecule has 2 heterocycles. The van der Waals surface area contributed by atoms with E-state index in [4.69, 9.17) is 0 Å². The minimum atomic E-state index is -0.355. The zero-order valence-electron chi connectivity index (χ0n) is 10.8. The molecule has 6 heteroatoms. The van der Waals surface area contributed by atoms with Crippen LogP contribution in [0.2, 0.25) is 0 Å². The number of hydrogen-bond acceptors (Lipinski definition) is 5. The molecule has 0 radical (unpaired) electrons. The van der Waals surface area contributed by atoms with E-state index in [2.05, 4.69) is 24.7 Å². The number of fused-ring (bicyclic) bond motifs is 1. The Balaban J connectivity index is 1.96. The van der Waals surface area contributed by atoms with Crippen molar-refractivity contribution in [3.8, 4) is 11.3 Å². The molecule has 3 aromatic rings. The predicted molar refractivity (Wildman–Crippen MR) is 72.8 cm³/mol. The van der Waals surface area contributed by atoms with Gasteiger partial charge in [-0.3, -0.25) is 4.79 Å². The van der Waals surface area contributed by atoms with Crippen molar-refractivity contribution in [2.24, 2.45) is 0 Å². The van der Waals surface area contributed by atoms with Crippen LogP contribution in [0.5, 0.6) is 0 Å². The second-order valence-corrected chi connectivity index (χ2v) is 4.25. The van der Waals surface area contributed by atoms with Crippen molar-refractivity contribution in [1.82, 2.24) is 19.9 Å². The average molecular weight is 268 g/mol. The van der Waals surface area contributed by atoms with Crippen LogP contribution in [0.25, 0.3) is 22.3 Å². The summed E-state index contributed by atoms with van der Waals surface area (Å²) >= 11 is 0. The highest BCUT2D eigenvalue weighted by atomic mass is 16.5. The summed E-state index contributed by atoms with van der Waals surface area (Å²) in [4.78, 5) is 26.9. The molecule has 0 atom stereocenters. The van der Waals surface area contributed by atoms with Crippen LogP contribution in [-0.4, -0.2) is 33.0 Å². The molecule has 0 fully saturated rings. The molecule has 3 rings (SSSR count). The summed E-state index contributed by atoms with van der Waals surface area (Å²) in [6.45, 7) is 0. The lowest BCUT2D eigenvalue weighted by Crippen LogP contribution is -2.08. The first-order valence-corrected chi connectivity index (χ1v) is 6.08. The third-order valence-corrected chi connectivity index (χ3v) is 2.95. The highest BCUT2D eigenvalue weighted by molar-refractivity contribution is 5.80. The molecule has 1 aromatic carbocycles. The van der Waals surface area contributed by atoms with Gasteiger partial charge in [0.2, 0.25) is 0 Å². The summed E-state index contributed by atoms with van der Waals surface area (Å²) in [6, 6.07) is 7.63. The van der Waals surface area contributed by atoms with E-state index in [-0.39, 0.29) is 12.4 Å².